The van der Waals surface area contributed by atoms with Crippen molar-refractivity contribution in [2.24, 2.45) is 5.73 Å². The molecule has 1 heterocycles. The average Bonchev–Trinajstić information content (AvgIpc) is 2.75. The highest BCUT2D eigenvalue weighted by molar-refractivity contribution is 7.89. The maximum absolute atomic E-state index is 12.2. The van der Waals surface area contributed by atoms with Gasteiger partial charge in [-0.25, -0.2) is 8.42 Å². The highest BCUT2D eigenvalue weighted by Crippen LogP contribution is 2.14. The van der Waals surface area contributed by atoms with Crippen LogP contribution < -0.4 is 5.73 Å². The third kappa shape index (κ3) is 3.15. The molecule has 0 amide bonds. The van der Waals surface area contributed by atoms with Crippen LogP contribution >= 0.6 is 0 Å². The van der Waals surface area contributed by atoms with E-state index in [1.165, 1.54) is 21.4 Å². The topological polar surface area (TPSA) is 81.2 Å². The standard InChI is InChI=1S/C10H18N4O2S/c1-3-6-14(4-2)17(15,16)10-8-12-13(9-10)7-5-11/h3,8-9H,1,4-7,11H2,2H3. The lowest BCUT2D eigenvalue weighted by molar-refractivity contribution is 0.459. The molecule has 0 saturated carbocycles. The quantitative estimate of drug-likeness (QED) is 0.700. The highest BCUT2D eigenvalue weighted by atomic mass is 32.2. The number of nitrogens with zero attached hydrogens (tertiary/aromatic N) is 3. The molecule has 0 aliphatic rings. The van der Waals surface area contributed by atoms with Crippen molar-refractivity contribution in [3.63, 3.8) is 0 Å². The normalized spacial score (nSPS) is 11.9. The maximum Gasteiger partial charge on any atom is 0.246 e. The van der Waals surface area contributed by atoms with Crippen LogP contribution in [0.15, 0.2) is 29.9 Å². The molecule has 0 aliphatic heterocycles. The first-order valence-electron chi connectivity index (χ1n) is 5.39. The SMILES string of the molecule is C=CCN(CC)S(=O)(=O)c1cnn(CCN)c1. The Morgan fingerprint density at radius 3 is 2.88 bits per heavy atom. The van der Waals surface area contributed by atoms with Crippen molar-refractivity contribution in [2.75, 3.05) is 19.6 Å². The molecule has 0 fully saturated rings. The Bertz CT molecular complexity index is 466. The highest BCUT2D eigenvalue weighted by Gasteiger charge is 2.23. The van der Waals surface area contributed by atoms with Crippen molar-refractivity contribution in [3.8, 4) is 0 Å². The monoisotopic (exact) mass is 258 g/mol. The first-order valence-corrected chi connectivity index (χ1v) is 6.83. The zero-order valence-electron chi connectivity index (χ0n) is 9.91. The van der Waals surface area contributed by atoms with Gasteiger partial charge in [-0.1, -0.05) is 13.0 Å². The number of sulfonamides is 1. The average molecular weight is 258 g/mol. The predicted molar refractivity (Wildman–Crippen MR) is 65.9 cm³/mol. The zero-order valence-corrected chi connectivity index (χ0v) is 10.7. The summed E-state index contributed by atoms with van der Waals surface area (Å²) < 4.78 is 27.2. The Labute approximate surface area is 102 Å². The van der Waals surface area contributed by atoms with Crippen LogP contribution in [0, 0.1) is 0 Å². The first kappa shape index (κ1) is 13.9. The molecular formula is C10H18N4O2S. The van der Waals surface area contributed by atoms with E-state index in [0.29, 0.717) is 26.2 Å². The van der Waals surface area contributed by atoms with Crippen molar-refractivity contribution in [1.29, 1.82) is 0 Å². The molecular weight excluding hydrogens is 240 g/mol. The molecule has 1 rings (SSSR count). The lowest BCUT2D eigenvalue weighted by Crippen LogP contribution is -2.30. The summed E-state index contributed by atoms with van der Waals surface area (Å²) in [6.07, 6.45) is 4.40. The molecule has 0 saturated heterocycles. The van der Waals surface area contributed by atoms with Gasteiger partial charge in [0.2, 0.25) is 10.0 Å². The van der Waals surface area contributed by atoms with Crippen molar-refractivity contribution >= 4 is 10.0 Å². The van der Waals surface area contributed by atoms with Gasteiger partial charge >= 0.3 is 0 Å². The minimum Gasteiger partial charge on any atom is -0.329 e. The summed E-state index contributed by atoms with van der Waals surface area (Å²) in [5, 5.41) is 3.95. The molecule has 1 aromatic heterocycles. The second-order valence-electron chi connectivity index (χ2n) is 3.47. The number of rotatable bonds is 7. The van der Waals surface area contributed by atoms with Crippen molar-refractivity contribution in [1.82, 2.24) is 14.1 Å². The van der Waals surface area contributed by atoms with Gasteiger partial charge < -0.3 is 5.73 Å². The van der Waals surface area contributed by atoms with Crippen molar-refractivity contribution < 1.29 is 8.42 Å². The summed E-state index contributed by atoms with van der Waals surface area (Å²) in [5.74, 6) is 0. The largest absolute Gasteiger partial charge is 0.329 e. The van der Waals surface area contributed by atoms with Gasteiger partial charge in [-0.15, -0.1) is 6.58 Å². The minimum atomic E-state index is -3.47. The van der Waals surface area contributed by atoms with Crippen LogP contribution in [0.1, 0.15) is 6.92 Å². The molecule has 6 nitrogen and oxygen atoms in total. The molecule has 0 spiro atoms. The Balaban J connectivity index is 2.98. The summed E-state index contributed by atoms with van der Waals surface area (Å²) in [5.41, 5.74) is 5.38. The molecule has 0 bridgehead atoms. The summed E-state index contributed by atoms with van der Waals surface area (Å²) in [4.78, 5) is 0.189. The van der Waals surface area contributed by atoms with Crippen LogP contribution in [-0.4, -0.2) is 42.1 Å². The molecule has 0 aliphatic carbocycles. The Hall–Kier alpha value is -1.18. The van der Waals surface area contributed by atoms with Crippen LogP contribution in [0.2, 0.25) is 0 Å². The van der Waals surface area contributed by atoms with E-state index >= 15 is 0 Å². The fourth-order valence-corrected chi connectivity index (χ4v) is 2.80. The minimum absolute atomic E-state index is 0.189. The lowest BCUT2D eigenvalue weighted by Gasteiger charge is -2.17. The van der Waals surface area contributed by atoms with Gasteiger partial charge in [-0.05, 0) is 0 Å². The second kappa shape index (κ2) is 5.95. The zero-order chi connectivity index (χ0) is 12.9. The first-order chi connectivity index (χ1) is 8.06. The molecule has 7 heteroatoms. The smallest absolute Gasteiger partial charge is 0.246 e. The summed E-state index contributed by atoms with van der Waals surface area (Å²) in [7, 11) is -3.47. The van der Waals surface area contributed by atoms with E-state index in [1.807, 2.05) is 0 Å². The lowest BCUT2D eigenvalue weighted by atomic mass is 10.6. The molecule has 0 unspecified atom stereocenters. The fraction of sp³-hybridized carbons (Fsp3) is 0.500. The maximum atomic E-state index is 12.2. The molecule has 1 aromatic rings. The number of hydrogen-bond acceptors (Lipinski definition) is 4. The van der Waals surface area contributed by atoms with Crippen LogP contribution in [0.4, 0.5) is 0 Å². The van der Waals surface area contributed by atoms with Crippen LogP contribution in [0.5, 0.6) is 0 Å². The van der Waals surface area contributed by atoms with Crippen LogP contribution in [-0.2, 0) is 16.6 Å². The summed E-state index contributed by atoms with van der Waals surface area (Å²) in [6, 6.07) is 0. The molecule has 0 atom stereocenters. The molecule has 96 valence electrons. The molecule has 2 N–H and O–H groups in total. The van der Waals surface area contributed by atoms with Gasteiger partial charge in [-0.3, -0.25) is 4.68 Å². The molecule has 17 heavy (non-hydrogen) atoms. The van der Waals surface area contributed by atoms with E-state index in [0.717, 1.165) is 0 Å². The third-order valence-corrected chi connectivity index (χ3v) is 4.18. The van der Waals surface area contributed by atoms with E-state index in [9.17, 15) is 8.42 Å². The van der Waals surface area contributed by atoms with E-state index in [4.69, 9.17) is 5.73 Å². The number of nitrogens with two attached hydrogens (primary N) is 1. The van der Waals surface area contributed by atoms with Crippen LogP contribution in [0.3, 0.4) is 0 Å². The Kier molecular flexibility index (Phi) is 4.86. The van der Waals surface area contributed by atoms with E-state index in [2.05, 4.69) is 11.7 Å². The Morgan fingerprint density at radius 1 is 1.65 bits per heavy atom. The van der Waals surface area contributed by atoms with Gasteiger partial charge in [0.25, 0.3) is 0 Å². The van der Waals surface area contributed by atoms with E-state index in [1.54, 1.807) is 13.0 Å². The predicted octanol–water partition coefficient (Wildman–Crippen LogP) is 0.0384. The summed E-state index contributed by atoms with van der Waals surface area (Å²) in [6.45, 7) is 6.95. The fourth-order valence-electron chi connectivity index (χ4n) is 1.42. The van der Waals surface area contributed by atoms with Crippen molar-refractivity contribution in [2.45, 2.75) is 18.4 Å². The van der Waals surface area contributed by atoms with Crippen LogP contribution in [0.25, 0.3) is 0 Å². The second-order valence-corrected chi connectivity index (χ2v) is 5.41. The Morgan fingerprint density at radius 2 is 2.35 bits per heavy atom. The molecule has 0 aromatic carbocycles. The number of hydrogen-bond donors (Lipinski definition) is 1. The van der Waals surface area contributed by atoms with E-state index in [-0.39, 0.29) is 4.90 Å². The van der Waals surface area contributed by atoms with Gasteiger partial charge in [0.15, 0.2) is 0 Å². The van der Waals surface area contributed by atoms with Gasteiger partial charge in [-0.2, -0.15) is 9.40 Å². The summed E-state index contributed by atoms with van der Waals surface area (Å²) >= 11 is 0. The third-order valence-electron chi connectivity index (χ3n) is 2.29. The van der Waals surface area contributed by atoms with Gasteiger partial charge in [0.1, 0.15) is 4.90 Å². The van der Waals surface area contributed by atoms with Gasteiger partial charge in [0.05, 0.1) is 12.7 Å². The van der Waals surface area contributed by atoms with E-state index < -0.39 is 10.0 Å². The number of aromatic nitrogens is 2. The van der Waals surface area contributed by atoms with Gasteiger partial charge in [0, 0.05) is 25.8 Å². The number of likely N-dealkylation sites (N-methyl/N-ethyl adjacent to an activating group) is 1. The van der Waals surface area contributed by atoms with Crippen molar-refractivity contribution in [3.05, 3.63) is 25.0 Å². The molecule has 0 radical (unpaired) electrons.